The lowest BCUT2D eigenvalue weighted by atomic mass is 10.0. The summed E-state index contributed by atoms with van der Waals surface area (Å²) in [4.78, 5) is 63.6. The average molecular weight is 822 g/mol. The van der Waals surface area contributed by atoms with Crippen molar-refractivity contribution in [2.75, 3.05) is 46.0 Å². The van der Waals surface area contributed by atoms with E-state index >= 15 is 0 Å². The molecule has 0 radical (unpaired) electrons. The number of carboxylic acids is 1. The van der Waals surface area contributed by atoms with E-state index in [-0.39, 0.29) is 30.9 Å². The summed E-state index contributed by atoms with van der Waals surface area (Å²) in [6.07, 6.45) is 9.48. The molecule has 1 aromatic heterocycles. The minimum atomic E-state index is -1.35. The third kappa shape index (κ3) is 8.56. The van der Waals surface area contributed by atoms with Crippen LogP contribution in [0.15, 0.2) is 18.2 Å². The Hall–Kier alpha value is -3.88. The molecule has 3 saturated heterocycles. The molecular weight excluding hydrogens is 766 g/mol. The molecule has 1 unspecified atom stereocenters. The van der Waals surface area contributed by atoms with Crippen LogP contribution in [0.5, 0.6) is 11.5 Å². The number of nitrogens with zero attached hydrogens (tertiary/aromatic N) is 3. The molecule has 15 heteroatoms. The van der Waals surface area contributed by atoms with Crippen LogP contribution in [0, 0.1) is 17.8 Å². The summed E-state index contributed by atoms with van der Waals surface area (Å²) in [5.41, 5.74) is 0.0762. The molecule has 2 aromatic rings. The van der Waals surface area contributed by atoms with Gasteiger partial charge in [-0.15, -0.1) is 0 Å². The average Bonchev–Trinajstić information content (AvgIpc) is 4.18. The number of ether oxygens (including phenoxy) is 4. The van der Waals surface area contributed by atoms with Gasteiger partial charge in [-0.3, -0.25) is 19.5 Å². The zero-order valence-corrected chi connectivity index (χ0v) is 33.9. The van der Waals surface area contributed by atoms with Gasteiger partial charge in [-0.25, -0.2) is 9.59 Å². The molecule has 0 spiro atoms. The van der Waals surface area contributed by atoms with Crippen LogP contribution in [-0.4, -0.2) is 120 Å². The van der Waals surface area contributed by atoms with Crippen molar-refractivity contribution in [2.45, 2.75) is 126 Å². The van der Waals surface area contributed by atoms with Crippen molar-refractivity contribution in [3.05, 3.63) is 28.9 Å². The van der Waals surface area contributed by atoms with E-state index in [1.807, 2.05) is 18.2 Å². The SMILES string of the molecule is O=C(N[C@H]1CCCCCCC[C@@H]2C[C@@]2(C(=O)O)NC(=O)[C@@H]2C[C@@H](Oc3cc(C4CC4)nc4c(Cl)c(OCCN5CCOCC5)ccc34)CN2C1=O)OC1C[C@@H]2C[C@@H]2C1. The highest BCUT2D eigenvalue weighted by atomic mass is 35.5. The summed E-state index contributed by atoms with van der Waals surface area (Å²) in [7, 11) is 0. The van der Waals surface area contributed by atoms with E-state index in [1.54, 1.807) is 0 Å². The van der Waals surface area contributed by atoms with Crippen LogP contribution < -0.4 is 20.1 Å². The number of amides is 3. The van der Waals surface area contributed by atoms with Gasteiger partial charge < -0.3 is 39.6 Å². The van der Waals surface area contributed by atoms with Gasteiger partial charge in [-0.1, -0.05) is 43.7 Å². The number of nitrogens with one attached hydrogen (secondary N) is 2. The van der Waals surface area contributed by atoms with Crippen LogP contribution in [0.25, 0.3) is 10.9 Å². The molecule has 7 aliphatic rings. The van der Waals surface area contributed by atoms with E-state index in [0.29, 0.717) is 84.8 Å². The molecule has 4 aliphatic carbocycles. The van der Waals surface area contributed by atoms with Crippen molar-refractivity contribution in [1.29, 1.82) is 0 Å². The summed E-state index contributed by atoms with van der Waals surface area (Å²) >= 11 is 7.01. The van der Waals surface area contributed by atoms with Crippen molar-refractivity contribution in [3.63, 3.8) is 0 Å². The van der Waals surface area contributed by atoms with Gasteiger partial charge in [0.2, 0.25) is 11.8 Å². The monoisotopic (exact) mass is 821 g/mol. The normalized spacial score (nSPS) is 32.8. The molecule has 4 heterocycles. The first-order chi connectivity index (χ1) is 28.1. The first-order valence-electron chi connectivity index (χ1n) is 21.7. The predicted octanol–water partition coefficient (Wildman–Crippen LogP) is 5.42. The fourth-order valence-corrected chi connectivity index (χ4v) is 10.2. The number of pyridine rings is 1. The predicted molar refractivity (Wildman–Crippen MR) is 213 cm³/mol. The van der Waals surface area contributed by atoms with Crippen LogP contribution in [-0.2, 0) is 23.9 Å². The Labute approximate surface area is 344 Å². The zero-order valence-electron chi connectivity index (χ0n) is 33.1. The van der Waals surface area contributed by atoms with Gasteiger partial charge in [0.1, 0.15) is 53.0 Å². The summed E-state index contributed by atoms with van der Waals surface area (Å²) < 4.78 is 24.2. The number of carbonyl (C=O) groups is 4. The Balaban J connectivity index is 0.966. The van der Waals surface area contributed by atoms with E-state index in [0.717, 1.165) is 76.7 Å². The molecule has 3 aliphatic heterocycles. The Kier molecular flexibility index (Phi) is 11.4. The minimum Gasteiger partial charge on any atom is -0.491 e. The summed E-state index contributed by atoms with van der Waals surface area (Å²) in [5.74, 6) is 0.493. The van der Waals surface area contributed by atoms with Crippen molar-refractivity contribution in [2.24, 2.45) is 17.8 Å². The first kappa shape index (κ1) is 39.6. The fraction of sp³-hybridized carbons (Fsp3) is 0.698. The van der Waals surface area contributed by atoms with Gasteiger partial charge in [0.05, 0.1) is 25.3 Å². The number of alkyl carbamates (subject to hydrolysis) is 1. The number of rotatable bonds is 10. The molecule has 8 atom stereocenters. The maximum Gasteiger partial charge on any atom is 0.408 e. The van der Waals surface area contributed by atoms with Gasteiger partial charge >= 0.3 is 12.1 Å². The van der Waals surface area contributed by atoms with Gasteiger partial charge in [0.25, 0.3) is 0 Å². The van der Waals surface area contributed by atoms with Crippen molar-refractivity contribution in [1.82, 2.24) is 25.4 Å². The van der Waals surface area contributed by atoms with E-state index in [2.05, 4.69) is 15.5 Å². The van der Waals surface area contributed by atoms with E-state index in [1.165, 1.54) is 11.3 Å². The van der Waals surface area contributed by atoms with Crippen molar-refractivity contribution in [3.8, 4) is 11.5 Å². The second-order valence-corrected chi connectivity index (χ2v) is 18.2. The maximum absolute atomic E-state index is 14.6. The molecule has 1 aromatic carbocycles. The summed E-state index contributed by atoms with van der Waals surface area (Å²) in [6, 6.07) is 3.74. The number of aromatic nitrogens is 1. The Morgan fingerprint density at radius 3 is 2.48 bits per heavy atom. The number of carbonyl (C=O) groups excluding carboxylic acids is 3. The van der Waals surface area contributed by atoms with Crippen molar-refractivity contribution < 1.29 is 43.2 Å². The standard InChI is InChI=1S/C43H56ClN5O9/c44-37-35(56-17-14-48-12-15-55-16-13-48)11-10-31-36(22-33(25-8-9-25)45-38(31)37)57-30-21-34-39(50)47-43(41(52)53)23-28(43)6-4-2-1-3-5-7-32(40(51)49(34)24-30)46-42(54)58-29-19-26-18-27(26)20-29/h10-11,22,25-30,32,34H,1-9,12-21,23-24H2,(H,46,54)(H,47,50)(H,52,53)/t26-,27+,28-,29?,30-,32+,34+,43-/m1/s1. The molecule has 58 heavy (non-hydrogen) atoms. The van der Waals surface area contributed by atoms with E-state index in [4.69, 9.17) is 35.5 Å². The number of aliphatic carboxylic acids is 1. The largest absolute Gasteiger partial charge is 0.491 e. The number of fused-ring (bicyclic) bond motifs is 4. The Bertz CT molecular complexity index is 1900. The third-order valence-electron chi connectivity index (χ3n) is 13.7. The topological polar surface area (TPSA) is 169 Å². The highest BCUT2D eigenvalue weighted by Gasteiger charge is 2.62. The quantitative estimate of drug-likeness (QED) is 0.280. The molecule has 3 N–H and O–H groups in total. The number of benzene rings is 1. The zero-order chi connectivity index (χ0) is 40.0. The molecule has 0 bridgehead atoms. The summed E-state index contributed by atoms with van der Waals surface area (Å²) in [6.45, 7) is 4.43. The summed E-state index contributed by atoms with van der Waals surface area (Å²) in [5, 5.41) is 17.2. The van der Waals surface area contributed by atoms with Crippen LogP contribution in [0.1, 0.15) is 102 Å². The second-order valence-electron chi connectivity index (χ2n) is 17.8. The lowest BCUT2D eigenvalue weighted by Gasteiger charge is -2.29. The van der Waals surface area contributed by atoms with Crippen LogP contribution in [0.2, 0.25) is 5.02 Å². The first-order valence-corrected chi connectivity index (χ1v) is 22.1. The van der Waals surface area contributed by atoms with Gasteiger partial charge in [-0.05, 0) is 81.3 Å². The third-order valence-corrected chi connectivity index (χ3v) is 14.1. The Morgan fingerprint density at radius 2 is 1.72 bits per heavy atom. The van der Waals surface area contributed by atoms with Gasteiger partial charge in [-0.2, -0.15) is 0 Å². The van der Waals surface area contributed by atoms with E-state index in [9.17, 15) is 24.3 Å². The van der Waals surface area contributed by atoms with Gasteiger partial charge in [0.15, 0.2) is 0 Å². The number of carboxylic acid groups (broad SMARTS) is 1. The molecule has 314 valence electrons. The molecule has 4 saturated carbocycles. The molecular formula is C43H56ClN5O9. The smallest absolute Gasteiger partial charge is 0.408 e. The van der Waals surface area contributed by atoms with Gasteiger partial charge in [0, 0.05) is 49.1 Å². The van der Waals surface area contributed by atoms with Crippen LogP contribution in [0.3, 0.4) is 0 Å². The number of halogens is 1. The lowest BCUT2D eigenvalue weighted by Crippen LogP contribution is -2.56. The van der Waals surface area contributed by atoms with Crippen LogP contribution in [0.4, 0.5) is 4.79 Å². The molecule has 3 amide bonds. The molecule has 9 rings (SSSR count). The van der Waals surface area contributed by atoms with E-state index < -0.39 is 47.6 Å². The van der Waals surface area contributed by atoms with Crippen LogP contribution >= 0.6 is 11.6 Å². The second kappa shape index (κ2) is 16.6. The number of hydrogen-bond acceptors (Lipinski definition) is 10. The highest BCUT2D eigenvalue weighted by Crippen LogP contribution is 2.53. The number of morpholine rings is 1. The Morgan fingerprint density at radius 1 is 0.966 bits per heavy atom. The minimum absolute atomic E-state index is 0.0681. The lowest BCUT2D eigenvalue weighted by molar-refractivity contribution is -0.146. The number of hydrogen-bond donors (Lipinski definition) is 3. The molecule has 14 nitrogen and oxygen atoms in total. The van der Waals surface area contributed by atoms with Crippen molar-refractivity contribution >= 4 is 46.4 Å². The fourth-order valence-electron chi connectivity index (χ4n) is 9.95. The maximum atomic E-state index is 14.6. The highest BCUT2D eigenvalue weighted by molar-refractivity contribution is 6.36. The molecule has 7 fully saturated rings.